The highest BCUT2D eigenvalue weighted by molar-refractivity contribution is 7.91. The van der Waals surface area contributed by atoms with Crippen LogP contribution in [0.15, 0.2) is 30.5 Å². The quantitative estimate of drug-likeness (QED) is 0.914. The average molecular weight is 338 g/mol. The Kier molecular flexibility index (Phi) is 4.06. The van der Waals surface area contributed by atoms with Crippen LogP contribution in [0.25, 0.3) is 11.1 Å². The number of benzene rings is 1. The molecule has 1 aliphatic rings. The maximum Gasteiger partial charge on any atom is 0.150 e. The highest BCUT2D eigenvalue weighted by Crippen LogP contribution is 2.37. The SMILES string of the molecule is Nc1c(-c2cc(F)ccc2F)ccnc1C1CCS(=O)(=O)CC1. The number of hydrogen-bond donors (Lipinski definition) is 1. The van der Waals surface area contributed by atoms with E-state index in [2.05, 4.69) is 4.98 Å². The first-order chi connectivity index (χ1) is 10.9. The fourth-order valence-electron chi connectivity index (χ4n) is 2.92. The molecular weight excluding hydrogens is 322 g/mol. The Bertz CT molecular complexity index is 839. The van der Waals surface area contributed by atoms with E-state index in [1.165, 1.54) is 12.3 Å². The number of halogens is 2. The van der Waals surface area contributed by atoms with Gasteiger partial charge in [-0.25, -0.2) is 17.2 Å². The van der Waals surface area contributed by atoms with Crippen molar-refractivity contribution in [2.24, 2.45) is 0 Å². The van der Waals surface area contributed by atoms with Crippen molar-refractivity contribution in [2.45, 2.75) is 18.8 Å². The van der Waals surface area contributed by atoms with Crippen LogP contribution in [0.4, 0.5) is 14.5 Å². The zero-order valence-electron chi connectivity index (χ0n) is 12.3. The number of nitrogens with two attached hydrogens (primary N) is 1. The zero-order valence-corrected chi connectivity index (χ0v) is 13.1. The fraction of sp³-hybridized carbons (Fsp3) is 0.312. The van der Waals surface area contributed by atoms with E-state index in [1.54, 1.807) is 0 Å². The predicted octanol–water partition coefficient (Wildman–Crippen LogP) is 2.90. The molecule has 1 aromatic carbocycles. The second-order valence-corrected chi connectivity index (χ2v) is 8.01. The van der Waals surface area contributed by atoms with Crippen LogP contribution in [-0.4, -0.2) is 24.9 Å². The Hall–Kier alpha value is -2.02. The van der Waals surface area contributed by atoms with Gasteiger partial charge in [-0.1, -0.05) is 0 Å². The van der Waals surface area contributed by atoms with E-state index in [4.69, 9.17) is 5.73 Å². The van der Waals surface area contributed by atoms with Crippen molar-refractivity contribution in [1.29, 1.82) is 0 Å². The number of rotatable bonds is 2. The highest BCUT2D eigenvalue weighted by Gasteiger charge is 2.27. The van der Waals surface area contributed by atoms with Gasteiger partial charge in [0.05, 0.1) is 22.9 Å². The monoisotopic (exact) mass is 338 g/mol. The van der Waals surface area contributed by atoms with Crippen LogP contribution in [0.5, 0.6) is 0 Å². The van der Waals surface area contributed by atoms with E-state index in [0.717, 1.165) is 18.2 Å². The second kappa shape index (κ2) is 5.88. The summed E-state index contributed by atoms with van der Waals surface area (Å²) in [5.74, 6) is -1.02. The summed E-state index contributed by atoms with van der Waals surface area (Å²) in [7, 11) is -2.99. The Morgan fingerprint density at radius 2 is 1.78 bits per heavy atom. The van der Waals surface area contributed by atoms with Gasteiger partial charge in [0.1, 0.15) is 21.5 Å². The van der Waals surface area contributed by atoms with Gasteiger partial charge in [-0.2, -0.15) is 0 Å². The van der Waals surface area contributed by atoms with E-state index in [9.17, 15) is 17.2 Å². The van der Waals surface area contributed by atoms with Crippen molar-refractivity contribution in [3.63, 3.8) is 0 Å². The zero-order chi connectivity index (χ0) is 16.6. The third kappa shape index (κ3) is 3.19. The number of anilines is 1. The summed E-state index contributed by atoms with van der Waals surface area (Å²) in [6, 6.07) is 4.73. The summed E-state index contributed by atoms with van der Waals surface area (Å²) < 4.78 is 50.5. The first kappa shape index (κ1) is 15.9. The van der Waals surface area contributed by atoms with E-state index < -0.39 is 21.5 Å². The Labute approximate surface area is 133 Å². The lowest BCUT2D eigenvalue weighted by atomic mass is 9.93. The van der Waals surface area contributed by atoms with Gasteiger partial charge < -0.3 is 5.73 Å². The third-order valence-electron chi connectivity index (χ3n) is 4.18. The number of nitrogen functional groups attached to an aromatic ring is 1. The summed E-state index contributed by atoms with van der Waals surface area (Å²) in [5.41, 5.74) is 7.42. The normalized spacial score (nSPS) is 18.0. The van der Waals surface area contributed by atoms with Crippen molar-refractivity contribution in [2.75, 3.05) is 17.2 Å². The molecule has 2 N–H and O–H groups in total. The number of hydrogen-bond acceptors (Lipinski definition) is 4. The molecule has 7 heteroatoms. The Morgan fingerprint density at radius 1 is 1.09 bits per heavy atom. The van der Waals surface area contributed by atoms with Crippen LogP contribution in [0.2, 0.25) is 0 Å². The summed E-state index contributed by atoms with van der Waals surface area (Å²) in [6.07, 6.45) is 2.37. The van der Waals surface area contributed by atoms with Gasteiger partial charge in [0.25, 0.3) is 0 Å². The molecule has 0 aliphatic carbocycles. The molecule has 23 heavy (non-hydrogen) atoms. The maximum absolute atomic E-state index is 14.0. The van der Waals surface area contributed by atoms with Crippen LogP contribution in [0.3, 0.4) is 0 Å². The van der Waals surface area contributed by atoms with E-state index in [0.29, 0.717) is 24.1 Å². The number of sulfone groups is 1. The van der Waals surface area contributed by atoms with Crippen molar-refractivity contribution in [3.8, 4) is 11.1 Å². The Balaban J connectivity index is 2.01. The number of pyridine rings is 1. The van der Waals surface area contributed by atoms with E-state index in [1.807, 2.05) is 0 Å². The molecule has 0 unspecified atom stereocenters. The molecule has 2 heterocycles. The van der Waals surface area contributed by atoms with Crippen molar-refractivity contribution in [3.05, 3.63) is 47.8 Å². The average Bonchev–Trinajstić information content (AvgIpc) is 2.51. The van der Waals surface area contributed by atoms with Crippen LogP contribution in [-0.2, 0) is 9.84 Å². The van der Waals surface area contributed by atoms with Crippen LogP contribution < -0.4 is 5.73 Å². The topological polar surface area (TPSA) is 73.0 Å². The molecular formula is C16H16F2N2O2S. The van der Waals surface area contributed by atoms with Gasteiger partial charge in [-0.15, -0.1) is 0 Å². The second-order valence-electron chi connectivity index (χ2n) is 5.71. The molecule has 2 aromatic rings. The summed E-state index contributed by atoms with van der Waals surface area (Å²) in [5, 5.41) is 0. The lowest BCUT2D eigenvalue weighted by molar-refractivity contribution is 0.545. The predicted molar refractivity (Wildman–Crippen MR) is 84.6 cm³/mol. The minimum absolute atomic E-state index is 0.0783. The largest absolute Gasteiger partial charge is 0.397 e. The summed E-state index contributed by atoms with van der Waals surface area (Å²) in [4.78, 5) is 4.25. The van der Waals surface area contributed by atoms with Gasteiger partial charge >= 0.3 is 0 Å². The standard InChI is InChI=1S/C16H16F2N2O2S/c17-11-1-2-14(18)13(9-11)12-3-6-20-16(15(12)19)10-4-7-23(21,22)8-5-10/h1-3,6,9-10H,4-5,7-8,19H2. The van der Waals surface area contributed by atoms with Gasteiger partial charge in [0.15, 0.2) is 0 Å². The van der Waals surface area contributed by atoms with E-state index >= 15 is 0 Å². The molecule has 1 aliphatic heterocycles. The molecule has 1 saturated heterocycles. The van der Waals surface area contributed by atoms with Gasteiger partial charge in [0.2, 0.25) is 0 Å². The molecule has 0 amide bonds. The van der Waals surface area contributed by atoms with Crippen LogP contribution >= 0.6 is 0 Å². The lowest BCUT2D eigenvalue weighted by Gasteiger charge is -2.23. The molecule has 0 spiro atoms. The molecule has 1 aromatic heterocycles. The minimum Gasteiger partial charge on any atom is -0.397 e. The van der Waals surface area contributed by atoms with Crippen molar-refractivity contribution >= 4 is 15.5 Å². The van der Waals surface area contributed by atoms with Gasteiger partial charge in [-0.05, 0) is 37.1 Å². The molecule has 0 bridgehead atoms. The summed E-state index contributed by atoms with van der Waals surface area (Å²) in [6.45, 7) is 0. The van der Waals surface area contributed by atoms with E-state index in [-0.39, 0.29) is 28.7 Å². The summed E-state index contributed by atoms with van der Waals surface area (Å²) >= 11 is 0. The van der Waals surface area contributed by atoms with Crippen LogP contribution in [0, 0.1) is 11.6 Å². The van der Waals surface area contributed by atoms with Gasteiger partial charge in [0, 0.05) is 23.2 Å². The Morgan fingerprint density at radius 3 is 2.48 bits per heavy atom. The molecule has 1 fully saturated rings. The van der Waals surface area contributed by atoms with Crippen LogP contribution in [0.1, 0.15) is 24.5 Å². The van der Waals surface area contributed by atoms with Gasteiger partial charge in [-0.3, -0.25) is 4.98 Å². The number of aromatic nitrogens is 1. The minimum atomic E-state index is -2.99. The van der Waals surface area contributed by atoms with Crippen molar-refractivity contribution in [1.82, 2.24) is 4.98 Å². The molecule has 0 radical (unpaired) electrons. The number of nitrogens with zero attached hydrogens (tertiary/aromatic N) is 1. The first-order valence-corrected chi connectivity index (χ1v) is 9.10. The lowest BCUT2D eigenvalue weighted by Crippen LogP contribution is -2.23. The molecule has 122 valence electrons. The third-order valence-corrected chi connectivity index (χ3v) is 5.90. The highest BCUT2D eigenvalue weighted by atomic mass is 32.2. The molecule has 0 saturated carbocycles. The molecule has 3 rings (SSSR count). The molecule has 4 nitrogen and oxygen atoms in total. The molecule has 0 atom stereocenters. The maximum atomic E-state index is 14.0. The smallest absolute Gasteiger partial charge is 0.150 e. The van der Waals surface area contributed by atoms with Crippen molar-refractivity contribution < 1.29 is 17.2 Å². The fourth-order valence-corrected chi connectivity index (χ4v) is 4.41. The first-order valence-electron chi connectivity index (χ1n) is 7.27.